The number of imidazole rings is 1. The Labute approximate surface area is 138 Å². The number of likely N-dealkylation sites (tertiary alicyclic amines) is 1. The van der Waals surface area contributed by atoms with Gasteiger partial charge in [-0.25, -0.2) is 9.37 Å². The van der Waals surface area contributed by atoms with Crippen LogP contribution >= 0.6 is 0 Å². The van der Waals surface area contributed by atoms with Crippen LogP contribution in [0.5, 0.6) is 0 Å². The third-order valence-electron chi connectivity index (χ3n) is 4.45. The van der Waals surface area contributed by atoms with Crippen LogP contribution in [0.2, 0.25) is 0 Å². The zero-order valence-electron chi connectivity index (χ0n) is 13.4. The van der Waals surface area contributed by atoms with E-state index in [1.165, 1.54) is 6.07 Å². The first-order valence-electron chi connectivity index (χ1n) is 7.96. The van der Waals surface area contributed by atoms with Crippen LogP contribution in [0, 0.1) is 5.82 Å². The molecule has 0 radical (unpaired) electrons. The Morgan fingerprint density at radius 3 is 2.96 bits per heavy atom. The number of aryl methyl sites for hydroxylation is 1. The van der Waals surface area contributed by atoms with E-state index in [1.807, 2.05) is 23.7 Å². The molecule has 1 aromatic carbocycles. The van der Waals surface area contributed by atoms with Gasteiger partial charge in [-0.3, -0.25) is 4.90 Å². The van der Waals surface area contributed by atoms with Gasteiger partial charge in [0, 0.05) is 25.7 Å². The number of rotatable bonds is 4. The minimum atomic E-state index is -0.155. The minimum absolute atomic E-state index is 0.155. The molecule has 6 nitrogen and oxygen atoms in total. The average molecular weight is 327 g/mol. The molecule has 0 spiro atoms. The fourth-order valence-corrected chi connectivity index (χ4v) is 3.11. The highest BCUT2D eigenvalue weighted by molar-refractivity contribution is 5.44. The number of benzene rings is 1. The van der Waals surface area contributed by atoms with Crippen molar-refractivity contribution in [2.75, 3.05) is 13.1 Å². The first kappa shape index (κ1) is 15.0. The Kier molecular flexibility index (Phi) is 3.86. The number of nitrogens with zero attached hydrogens (tertiary/aromatic N) is 5. The van der Waals surface area contributed by atoms with Crippen molar-refractivity contribution in [3.63, 3.8) is 0 Å². The molecule has 1 saturated heterocycles. The zero-order chi connectivity index (χ0) is 16.5. The van der Waals surface area contributed by atoms with E-state index in [1.54, 1.807) is 18.6 Å². The van der Waals surface area contributed by atoms with Crippen molar-refractivity contribution < 1.29 is 8.81 Å². The van der Waals surface area contributed by atoms with Crippen LogP contribution in [0.15, 0.2) is 41.2 Å². The molecule has 1 fully saturated rings. The summed E-state index contributed by atoms with van der Waals surface area (Å²) >= 11 is 0. The average Bonchev–Trinajstić information content (AvgIpc) is 3.29. The summed E-state index contributed by atoms with van der Waals surface area (Å²) in [5, 5.41) is 8.33. The van der Waals surface area contributed by atoms with Gasteiger partial charge in [0.2, 0.25) is 5.89 Å². The number of aromatic nitrogens is 4. The van der Waals surface area contributed by atoms with Gasteiger partial charge in [-0.1, -0.05) is 18.2 Å². The van der Waals surface area contributed by atoms with Crippen molar-refractivity contribution in [1.82, 2.24) is 24.6 Å². The molecule has 0 aliphatic carbocycles. The van der Waals surface area contributed by atoms with E-state index in [-0.39, 0.29) is 11.7 Å². The minimum Gasteiger partial charge on any atom is -0.419 e. The third kappa shape index (κ3) is 2.82. The largest absolute Gasteiger partial charge is 0.419 e. The lowest BCUT2D eigenvalue weighted by Crippen LogP contribution is -2.20. The first-order chi connectivity index (χ1) is 11.7. The molecule has 0 amide bonds. The molecule has 0 bridgehead atoms. The Hall–Kier alpha value is -2.54. The predicted octanol–water partition coefficient (Wildman–Crippen LogP) is 2.60. The lowest BCUT2D eigenvalue weighted by Gasteiger charge is -2.15. The van der Waals surface area contributed by atoms with E-state index in [4.69, 9.17) is 4.42 Å². The maximum Gasteiger partial charge on any atom is 0.265 e. The molecule has 4 rings (SSSR count). The summed E-state index contributed by atoms with van der Waals surface area (Å²) in [6.07, 6.45) is 4.34. The van der Waals surface area contributed by atoms with Gasteiger partial charge >= 0.3 is 0 Å². The molecular formula is C17H18FN5O. The lowest BCUT2D eigenvalue weighted by molar-refractivity contribution is 0.315. The van der Waals surface area contributed by atoms with Crippen LogP contribution in [0.1, 0.15) is 23.8 Å². The highest BCUT2D eigenvalue weighted by Gasteiger charge is 2.29. The van der Waals surface area contributed by atoms with E-state index >= 15 is 0 Å². The Morgan fingerprint density at radius 2 is 2.17 bits per heavy atom. The van der Waals surface area contributed by atoms with E-state index in [2.05, 4.69) is 20.1 Å². The lowest BCUT2D eigenvalue weighted by atomic mass is 10.1. The third-order valence-corrected chi connectivity index (χ3v) is 4.45. The summed E-state index contributed by atoms with van der Waals surface area (Å²) in [5.74, 6) is 1.16. The van der Waals surface area contributed by atoms with Crippen molar-refractivity contribution in [2.45, 2.75) is 18.9 Å². The van der Waals surface area contributed by atoms with E-state index < -0.39 is 0 Å². The van der Waals surface area contributed by atoms with Crippen molar-refractivity contribution >= 4 is 0 Å². The van der Waals surface area contributed by atoms with E-state index in [9.17, 15) is 4.39 Å². The normalized spacial score (nSPS) is 18.3. The summed E-state index contributed by atoms with van der Waals surface area (Å²) in [7, 11) is 1.89. The molecule has 1 aliphatic heterocycles. The molecule has 0 N–H and O–H groups in total. The van der Waals surface area contributed by atoms with Gasteiger partial charge in [0.15, 0.2) is 0 Å². The summed E-state index contributed by atoms with van der Waals surface area (Å²) in [6.45, 7) is 2.29. The van der Waals surface area contributed by atoms with Gasteiger partial charge in [-0.05, 0) is 19.0 Å². The molecule has 1 atom stereocenters. The van der Waals surface area contributed by atoms with Crippen molar-refractivity contribution in [3.05, 3.63) is 54.1 Å². The molecule has 1 aliphatic rings. The van der Waals surface area contributed by atoms with Crippen LogP contribution in [-0.2, 0) is 13.6 Å². The fourth-order valence-electron chi connectivity index (χ4n) is 3.11. The van der Waals surface area contributed by atoms with Crippen LogP contribution < -0.4 is 0 Å². The molecule has 2 aromatic heterocycles. The maximum absolute atomic E-state index is 13.8. The highest BCUT2D eigenvalue weighted by atomic mass is 19.1. The SMILES string of the molecule is Cn1cncc1-c1nnc(C2CCN(Cc3ccccc3F)C2)o1. The molecule has 0 saturated carbocycles. The van der Waals surface area contributed by atoms with Gasteiger partial charge in [0.1, 0.15) is 11.5 Å². The smallest absolute Gasteiger partial charge is 0.265 e. The van der Waals surface area contributed by atoms with Crippen LogP contribution in [0.3, 0.4) is 0 Å². The number of halogens is 1. The molecule has 1 unspecified atom stereocenters. The number of hydrogen-bond acceptors (Lipinski definition) is 5. The summed E-state index contributed by atoms with van der Waals surface area (Å²) < 4.78 is 21.5. The molecule has 3 heterocycles. The van der Waals surface area contributed by atoms with E-state index in [0.717, 1.165) is 30.8 Å². The van der Waals surface area contributed by atoms with Gasteiger partial charge in [0.05, 0.1) is 18.4 Å². The summed E-state index contributed by atoms with van der Waals surface area (Å²) in [4.78, 5) is 6.28. The van der Waals surface area contributed by atoms with Gasteiger partial charge in [0.25, 0.3) is 5.89 Å². The van der Waals surface area contributed by atoms with Crippen LogP contribution in [-0.4, -0.2) is 37.7 Å². The fraction of sp³-hybridized carbons (Fsp3) is 0.353. The molecule has 124 valence electrons. The van der Waals surface area contributed by atoms with Crippen molar-refractivity contribution in [1.29, 1.82) is 0 Å². The second-order valence-corrected chi connectivity index (χ2v) is 6.15. The van der Waals surface area contributed by atoms with Gasteiger partial charge < -0.3 is 8.98 Å². The monoisotopic (exact) mass is 327 g/mol. The summed E-state index contributed by atoms with van der Waals surface area (Å²) in [6, 6.07) is 6.91. The Morgan fingerprint density at radius 1 is 1.29 bits per heavy atom. The predicted molar refractivity (Wildman–Crippen MR) is 85.5 cm³/mol. The quantitative estimate of drug-likeness (QED) is 0.737. The first-order valence-corrected chi connectivity index (χ1v) is 7.96. The van der Waals surface area contributed by atoms with Gasteiger partial charge in [-0.2, -0.15) is 0 Å². The molecule has 3 aromatic rings. The Balaban J connectivity index is 1.45. The summed E-state index contributed by atoms with van der Waals surface area (Å²) in [5.41, 5.74) is 1.52. The highest BCUT2D eigenvalue weighted by Crippen LogP contribution is 2.29. The van der Waals surface area contributed by atoms with Gasteiger partial charge in [-0.15, -0.1) is 10.2 Å². The van der Waals surface area contributed by atoms with Crippen LogP contribution in [0.25, 0.3) is 11.6 Å². The second-order valence-electron chi connectivity index (χ2n) is 6.15. The van der Waals surface area contributed by atoms with Crippen LogP contribution in [0.4, 0.5) is 4.39 Å². The topological polar surface area (TPSA) is 60.0 Å². The number of hydrogen-bond donors (Lipinski definition) is 0. The zero-order valence-corrected chi connectivity index (χ0v) is 13.4. The molecule has 7 heteroatoms. The maximum atomic E-state index is 13.8. The molecular weight excluding hydrogens is 309 g/mol. The second kappa shape index (κ2) is 6.16. The Bertz CT molecular complexity index is 843. The van der Waals surface area contributed by atoms with E-state index in [0.29, 0.717) is 18.3 Å². The van der Waals surface area contributed by atoms with Crippen molar-refractivity contribution in [2.24, 2.45) is 7.05 Å². The standard InChI is InChI=1S/C17H18FN5O/c1-22-11-19-8-15(22)17-21-20-16(24-17)13-6-7-23(10-13)9-12-4-2-3-5-14(12)18/h2-5,8,11,13H,6-7,9-10H2,1H3. The molecule has 24 heavy (non-hydrogen) atoms. The van der Waals surface area contributed by atoms with Crippen molar-refractivity contribution in [3.8, 4) is 11.6 Å².